The Balaban J connectivity index is 1.93. The summed E-state index contributed by atoms with van der Waals surface area (Å²) in [5.41, 5.74) is 0. The molecule has 0 aliphatic heterocycles. The van der Waals surface area contributed by atoms with Crippen LogP contribution in [0, 0.1) is 12.1 Å². The highest BCUT2D eigenvalue weighted by molar-refractivity contribution is 5.85. The lowest BCUT2D eigenvalue weighted by molar-refractivity contribution is 0.289. The van der Waals surface area contributed by atoms with E-state index in [0.29, 0.717) is 5.88 Å². The zero-order valence-electron chi connectivity index (χ0n) is 8.31. The van der Waals surface area contributed by atoms with Crippen LogP contribution >= 0.6 is 0 Å². The second-order valence-corrected chi connectivity index (χ2v) is 3.92. The minimum atomic E-state index is 0.635. The van der Waals surface area contributed by atoms with E-state index in [1.54, 1.807) is 0 Å². The van der Waals surface area contributed by atoms with Gasteiger partial charge in [0.1, 0.15) is 6.20 Å². The van der Waals surface area contributed by atoms with E-state index in [-0.39, 0.29) is 0 Å². The van der Waals surface area contributed by atoms with Crippen LogP contribution in [0.4, 0.5) is 0 Å². The van der Waals surface area contributed by atoms with Crippen LogP contribution in [0.5, 0.6) is 5.88 Å². The van der Waals surface area contributed by atoms with E-state index in [1.807, 2.05) is 24.3 Å². The van der Waals surface area contributed by atoms with E-state index < -0.39 is 0 Å². The van der Waals surface area contributed by atoms with Crippen molar-refractivity contribution in [2.24, 2.45) is 5.92 Å². The molecule has 15 heavy (non-hydrogen) atoms. The molecule has 3 rings (SSSR count). The van der Waals surface area contributed by atoms with Crippen LogP contribution in [0.15, 0.2) is 24.3 Å². The lowest BCUT2D eigenvalue weighted by atomic mass is 10.2. The van der Waals surface area contributed by atoms with Crippen LogP contribution in [-0.4, -0.2) is 16.8 Å². The molecule has 1 aromatic heterocycles. The van der Waals surface area contributed by atoms with Gasteiger partial charge in [-0.05, 0) is 24.8 Å². The SMILES string of the molecule is [c]1nnc(OCC2CC2)c2ccccc12. The normalized spacial score (nSPS) is 15.5. The van der Waals surface area contributed by atoms with E-state index in [0.717, 1.165) is 23.3 Å². The fraction of sp³-hybridized carbons (Fsp3) is 0.333. The highest BCUT2D eigenvalue weighted by Gasteiger charge is 2.22. The number of fused-ring (bicyclic) bond motifs is 1. The van der Waals surface area contributed by atoms with Crippen molar-refractivity contribution in [1.29, 1.82) is 0 Å². The van der Waals surface area contributed by atoms with E-state index in [9.17, 15) is 0 Å². The maximum absolute atomic E-state index is 5.65. The van der Waals surface area contributed by atoms with Crippen molar-refractivity contribution in [1.82, 2.24) is 10.2 Å². The number of hydrogen-bond donors (Lipinski definition) is 0. The Morgan fingerprint density at radius 1 is 1.33 bits per heavy atom. The first-order chi connectivity index (χ1) is 7.43. The summed E-state index contributed by atoms with van der Waals surface area (Å²) in [7, 11) is 0. The molecule has 0 N–H and O–H groups in total. The third-order valence-electron chi connectivity index (χ3n) is 2.62. The Morgan fingerprint density at radius 3 is 3.07 bits per heavy atom. The molecule has 0 atom stereocenters. The summed E-state index contributed by atoms with van der Waals surface area (Å²) in [5.74, 6) is 1.37. The molecule has 3 heteroatoms. The minimum absolute atomic E-state index is 0.635. The highest BCUT2D eigenvalue weighted by atomic mass is 16.5. The predicted octanol–water partition coefficient (Wildman–Crippen LogP) is 2.22. The molecule has 0 spiro atoms. The lowest BCUT2D eigenvalue weighted by Gasteiger charge is -2.05. The molecule has 0 amide bonds. The molecule has 0 saturated heterocycles. The van der Waals surface area contributed by atoms with Crippen LogP contribution in [0.25, 0.3) is 10.8 Å². The summed E-state index contributed by atoms with van der Waals surface area (Å²) in [5, 5.41) is 9.74. The van der Waals surface area contributed by atoms with E-state index in [1.165, 1.54) is 12.8 Å². The monoisotopic (exact) mass is 199 g/mol. The smallest absolute Gasteiger partial charge is 0.241 e. The van der Waals surface area contributed by atoms with Crippen molar-refractivity contribution in [2.45, 2.75) is 12.8 Å². The molecular formula is C12H11N2O. The average molecular weight is 199 g/mol. The lowest BCUT2D eigenvalue weighted by Crippen LogP contribution is -2.02. The van der Waals surface area contributed by atoms with Crippen LogP contribution < -0.4 is 4.74 Å². The third kappa shape index (κ3) is 1.77. The molecule has 75 valence electrons. The van der Waals surface area contributed by atoms with Crippen molar-refractivity contribution in [3.8, 4) is 5.88 Å². The first-order valence-electron chi connectivity index (χ1n) is 5.19. The van der Waals surface area contributed by atoms with E-state index in [4.69, 9.17) is 4.74 Å². The van der Waals surface area contributed by atoms with Gasteiger partial charge in [0.15, 0.2) is 0 Å². The molecule has 1 heterocycles. The van der Waals surface area contributed by atoms with Crippen LogP contribution in [0.1, 0.15) is 12.8 Å². The van der Waals surface area contributed by atoms with Crippen molar-refractivity contribution in [2.75, 3.05) is 6.61 Å². The van der Waals surface area contributed by atoms with Gasteiger partial charge in [-0.3, -0.25) is 0 Å². The maximum atomic E-state index is 5.65. The van der Waals surface area contributed by atoms with Gasteiger partial charge in [-0.25, -0.2) is 0 Å². The summed E-state index contributed by atoms with van der Waals surface area (Å²) >= 11 is 0. The fourth-order valence-corrected chi connectivity index (χ4v) is 1.53. The summed E-state index contributed by atoms with van der Waals surface area (Å²) in [4.78, 5) is 0. The van der Waals surface area contributed by atoms with Gasteiger partial charge in [0.25, 0.3) is 0 Å². The van der Waals surface area contributed by atoms with Crippen LogP contribution in [0.3, 0.4) is 0 Å². The molecule has 2 aromatic rings. The van der Waals surface area contributed by atoms with Gasteiger partial charge in [0, 0.05) is 10.8 Å². The van der Waals surface area contributed by atoms with Crippen LogP contribution in [0.2, 0.25) is 0 Å². The zero-order valence-corrected chi connectivity index (χ0v) is 8.31. The minimum Gasteiger partial charge on any atom is -0.476 e. The van der Waals surface area contributed by atoms with Gasteiger partial charge >= 0.3 is 0 Å². The van der Waals surface area contributed by atoms with Gasteiger partial charge in [0.2, 0.25) is 5.88 Å². The van der Waals surface area contributed by atoms with Gasteiger partial charge in [-0.2, -0.15) is 0 Å². The summed E-state index contributed by atoms with van der Waals surface area (Å²) in [6, 6.07) is 7.89. The quantitative estimate of drug-likeness (QED) is 0.760. The van der Waals surface area contributed by atoms with Crippen LogP contribution in [-0.2, 0) is 0 Å². The zero-order chi connectivity index (χ0) is 10.1. The molecule has 1 saturated carbocycles. The second kappa shape index (κ2) is 3.50. The molecule has 1 radical (unpaired) electrons. The molecule has 1 aliphatic carbocycles. The molecule has 0 unspecified atom stereocenters. The van der Waals surface area contributed by atoms with E-state index in [2.05, 4.69) is 16.4 Å². The summed E-state index contributed by atoms with van der Waals surface area (Å²) < 4.78 is 5.65. The Kier molecular flexibility index (Phi) is 2.02. The summed E-state index contributed by atoms with van der Waals surface area (Å²) in [6.45, 7) is 0.767. The first kappa shape index (κ1) is 8.65. The maximum Gasteiger partial charge on any atom is 0.241 e. The van der Waals surface area contributed by atoms with Crippen molar-refractivity contribution in [3.63, 3.8) is 0 Å². The number of benzene rings is 1. The van der Waals surface area contributed by atoms with Gasteiger partial charge in [-0.15, -0.1) is 10.2 Å². The van der Waals surface area contributed by atoms with Gasteiger partial charge < -0.3 is 4.74 Å². The number of ether oxygens (including phenoxy) is 1. The largest absolute Gasteiger partial charge is 0.476 e. The topological polar surface area (TPSA) is 35.0 Å². The Hall–Kier alpha value is -1.64. The Bertz CT molecular complexity index is 475. The molecular weight excluding hydrogens is 188 g/mol. The Morgan fingerprint density at radius 2 is 2.20 bits per heavy atom. The number of rotatable bonds is 3. The molecule has 1 aromatic carbocycles. The van der Waals surface area contributed by atoms with E-state index >= 15 is 0 Å². The molecule has 1 aliphatic rings. The highest BCUT2D eigenvalue weighted by Crippen LogP contribution is 2.30. The standard InChI is InChI=1S/C12H11N2O/c1-2-4-11-10(3-1)7-13-14-12(11)15-8-9-5-6-9/h1-4,9H,5-6,8H2. The second-order valence-electron chi connectivity index (χ2n) is 3.92. The first-order valence-corrected chi connectivity index (χ1v) is 5.19. The molecule has 0 bridgehead atoms. The van der Waals surface area contributed by atoms with Gasteiger partial charge in [0.05, 0.1) is 6.61 Å². The van der Waals surface area contributed by atoms with Crippen molar-refractivity contribution >= 4 is 10.8 Å². The summed E-state index contributed by atoms with van der Waals surface area (Å²) in [6.07, 6.45) is 5.42. The van der Waals surface area contributed by atoms with Gasteiger partial charge in [-0.1, -0.05) is 18.2 Å². The fourth-order valence-electron chi connectivity index (χ4n) is 1.53. The third-order valence-corrected chi connectivity index (χ3v) is 2.62. The number of aromatic nitrogens is 2. The molecule has 3 nitrogen and oxygen atoms in total. The van der Waals surface area contributed by atoms with Crippen molar-refractivity contribution in [3.05, 3.63) is 30.5 Å². The number of nitrogens with zero attached hydrogens (tertiary/aromatic N) is 2. The average Bonchev–Trinajstić information content (AvgIpc) is 3.10. The van der Waals surface area contributed by atoms with Crippen molar-refractivity contribution < 1.29 is 4.74 Å². The predicted molar refractivity (Wildman–Crippen MR) is 56.6 cm³/mol. The number of hydrogen-bond acceptors (Lipinski definition) is 3. The Labute approximate surface area is 88.1 Å². The molecule has 1 fully saturated rings.